The molecule has 1 aliphatic carbocycles. The lowest BCUT2D eigenvalue weighted by Crippen LogP contribution is -2.40. The van der Waals surface area contributed by atoms with Crippen molar-refractivity contribution in [2.24, 2.45) is 0 Å². The average molecular weight is 454 g/mol. The van der Waals surface area contributed by atoms with E-state index in [1.165, 1.54) is 12.8 Å². The number of benzene rings is 1. The predicted molar refractivity (Wildman–Crippen MR) is 88.9 cm³/mol. The summed E-state index contributed by atoms with van der Waals surface area (Å²) in [6, 6.07) is 6.13. The maximum atomic E-state index is 12.7. The highest BCUT2D eigenvalue weighted by atomic mass is 79.9. The van der Waals surface area contributed by atoms with Crippen molar-refractivity contribution in [2.75, 3.05) is 11.9 Å². The van der Waals surface area contributed by atoms with Gasteiger partial charge in [0.05, 0.1) is 5.56 Å². The van der Waals surface area contributed by atoms with E-state index < -0.39 is 0 Å². The zero-order valence-corrected chi connectivity index (χ0v) is 15.3. The molecular weight excluding hydrogens is 438 g/mol. The van der Waals surface area contributed by atoms with Crippen LogP contribution in [0.1, 0.15) is 36.0 Å². The minimum atomic E-state index is 0.130. The number of hydrogen-bond donors (Lipinski definition) is 0. The molecule has 0 N–H and O–H groups in total. The van der Waals surface area contributed by atoms with Crippen molar-refractivity contribution in [3.8, 4) is 0 Å². The Morgan fingerprint density at radius 2 is 1.95 bits per heavy atom. The van der Waals surface area contributed by atoms with Gasteiger partial charge in [-0.1, -0.05) is 44.7 Å². The van der Waals surface area contributed by atoms with E-state index in [1.54, 1.807) is 0 Å². The summed E-state index contributed by atoms with van der Waals surface area (Å²) in [5, 5.41) is 0.823. The lowest BCUT2D eigenvalue weighted by Gasteiger charge is -2.29. The van der Waals surface area contributed by atoms with Crippen molar-refractivity contribution >= 4 is 53.7 Å². The molecule has 0 unspecified atom stereocenters. The van der Waals surface area contributed by atoms with Crippen LogP contribution in [0, 0.1) is 0 Å². The Hall–Kier alpha value is 0.130. The summed E-state index contributed by atoms with van der Waals surface area (Å²) in [7, 11) is 0. The fourth-order valence-electron chi connectivity index (χ4n) is 2.57. The zero-order chi connectivity index (χ0) is 13.8. The smallest absolute Gasteiger partial charge is 0.255 e. The van der Waals surface area contributed by atoms with Crippen LogP contribution in [-0.2, 0) is 0 Å². The molecule has 5 heteroatoms. The third-order valence-electron chi connectivity index (χ3n) is 3.51. The molecule has 0 aliphatic heterocycles. The number of rotatable bonds is 4. The van der Waals surface area contributed by atoms with E-state index in [0.717, 1.165) is 39.2 Å². The van der Waals surface area contributed by atoms with Crippen LogP contribution in [0.25, 0.3) is 0 Å². The van der Waals surface area contributed by atoms with Crippen molar-refractivity contribution in [3.05, 3.63) is 32.7 Å². The number of carbonyl (C=O) groups excluding carboxylic acids is 1. The summed E-state index contributed by atoms with van der Waals surface area (Å²) >= 11 is 10.4. The molecular formula is C14H16Br3NO. The van der Waals surface area contributed by atoms with Crippen LogP contribution >= 0.6 is 47.8 Å². The SMILES string of the molecule is O=C(c1ccc(Br)cc1Br)N(CCBr)C1CCCC1. The first-order chi connectivity index (χ1) is 9.13. The van der Waals surface area contributed by atoms with Crippen LogP contribution in [0.3, 0.4) is 0 Å². The Balaban J connectivity index is 2.22. The Kier molecular flexibility index (Phi) is 5.90. The molecule has 0 heterocycles. The van der Waals surface area contributed by atoms with Gasteiger partial charge in [0, 0.05) is 26.9 Å². The molecule has 0 saturated heterocycles. The van der Waals surface area contributed by atoms with Gasteiger partial charge >= 0.3 is 0 Å². The fraction of sp³-hybridized carbons (Fsp3) is 0.500. The fourth-order valence-corrected chi connectivity index (χ4v) is 4.17. The molecule has 2 rings (SSSR count). The molecule has 0 bridgehead atoms. The summed E-state index contributed by atoms with van der Waals surface area (Å²) in [6.07, 6.45) is 4.73. The van der Waals surface area contributed by atoms with Gasteiger partial charge in [0.15, 0.2) is 0 Å². The third-order valence-corrected chi connectivity index (χ3v) is 5.02. The summed E-state index contributed by atoms with van der Waals surface area (Å²) in [5.74, 6) is 0.130. The topological polar surface area (TPSA) is 20.3 Å². The van der Waals surface area contributed by atoms with Gasteiger partial charge in [-0.15, -0.1) is 0 Å². The number of alkyl halides is 1. The van der Waals surface area contributed by atoms with Crippen LogP contribution in [0.4, 0.5) is 0 Å². The van der Waals surface area contributed by atoms with E-state index in [-0.39, 0.29) is 5.91 Å². The summed E-state index contributed by atoms with van der Waals surface area (Å²) in [6.45, 7) is 0.770. The van der Waals surface area contributed by atoms with Crippen LogP contribution in [0.2, 0.25) is 0 Å². The third kappa shape index (κ3) is 3.82. The molecule has 0 spiro atoms. The maximum absolute atomic E-state index is 12.7. The minimum absolute atomic E-state index is 0.130. The van der Waals surface area contributed by atoms with Crippen molar-refractivity contribution in [3.63, 3.8) is 0 Å². The van der Waals surface area contributed by atoms with Gasteiger partial charge in [-0.3, -0.25) is 4.79 Å². The second kappa shape index (κ2) is 7.23. The van der Waals surface area contributed by atoms with Crippen molar-refractivity contribution in [1.82, 2.24) is 4.90 Å². The lowest BCUT2D eigenvalue weighted by molar-refractivity contribution is 0.0695. The Labute approximate surface area is 139 Å². The Morgan fingerprint density at radius 3 is 2.53 bits per heavy atom. The highest BCUT2D eigenvalue weighted by molar-refractivity contribution is 9.11. The number of halogens is 3. The van der Waals surface area contributed by atoms with Gasteiger partial charge in [0.1, 0.15) is 0 Å². The average Bonchev–Trinajstić information content (AvgIpc) is 2.89. The van der Waals surface area contributed by atoms with Gasteiger partial charge in [-0.2, -0.15) is 0 Å². The number of hydrogen-bond acceptors (Lipinski definition) is 1. The van der Waals surface area contributed by atoms with Crippen molar-refractivity contribution in [2.45, 2.75) is 31.7 Å². The Morgan fingerprint density at radius 1 is 1.26 bits per heavy atom. The minimum Gasteiger partial charge on any atom is -0.335 e. The van der Waals surface area contributed by atoms with E-state index >= 15 is 0 Å². The first kappa shape index (κ1) is 15.5. The summed E-state index contributed by atoms with van der Waals surface area (Å²) in [4.78, 5) is 14.7. The van der Waals surface area contributed by atoms with Crippen LogP contribution in [0.15, 0.2) is 27.1 Å². The highest BCUT2D eigenvalue weighted by Gasteiger charge is 2.27. The molecule has 1 saturated carbocycles. The van der Waals surface area contributed by atoms with Crippen molar-refractivity contribution in [1.29, 1.82) is 0 Å². The van der Waals surface area contributed by atoms with Crippen LogP contribution in [0.5, 0.6) is 0 Å². The molecule has 0 atom stereocenters. The number of carbonyl (C=O) groups is 1. The van der Waals surface area contributed by atoms with E-state index in [9.17, 15) is 4.79 Å². The molecule has 1 amide bonds. The molecule has 1 aromatic rings. The van der Waals surface area contributed by atoms with Gasteiger partial charge in [0.25, 0.3) is 5.91 Å². The van der Waals surface area contributed by atoms with Gasteiger partial charge in [0.2, 0.25) is 0 Å². The van der Waals surface area contributed by atoms with Crippen molar-refractivity contribution < 1.29 is 4.79 Å². The molecule has 1 fully saturated rings. The van der Waals surface area contributed by atoms with E-state index in [0.29, 0.717) is 6.04 Å². The molecule has 1 aliphatic rings. The van der Waals surface area contributed by atoms with Gasteiger partial charge in [-0.05, 0) is 47.0 Å². The Bertz CT molecular complexity index is 458. The second-order valence-corrected chi connectivity index (χ2v) is 7.31. The second-order valence-electron chi connectivity index (χ2n) is 4.75. The summed E-state index contributed by atoms with van der Waals surface area (Å²) in [5.41, 5.74) is 0.746. The molecule has 0 aromatic heterocycles. The first-order valence-corrected chi connectivity index (χ1v) is 9.16. The van der Waals surface area contributed by atoms with Gasteiger partial charge < -0.3 is 4.90 Å². The van der Waals surface area contributed by atoms with Crippen LogP contribution < -0.4 is 0 Å². The monoisotopic (exact) mass is 451 g/mol. The lowest BCUT2D eigenvalue weighted by atomic mass is 10.1. The number of amides is 1. The normalized spacial score (nSPS) is 15.7. The molecule has 2 nitrogen and oxygen atoms in total. The first-order valence-electron chi connectivity index (χ1n) is 6.45. The molecule has 104 valence electrons. The van der Waals surface area contributed by atoms with E-state index in [1.807, 2.05) is 23.1 Å². The van der Waals surface area contributed by atoms with Crippen LogP contribution in [-0.4, -0.2) is 28.7 Å². The largest absolute Gasteiger partial charge is 0.335 e. The molecule has 19 heavy (non-hydrogen) atoms. The highest BCUT2D eigenvalue weighted by Crippen LogP contribution is 2.28. The standard InChI is InChI=1S/C14H16Br3NO/c15-7-8-18(11-3-1-2-4-11)14(19)12-6-5-10(16)9-13(12)17/h5-6,9,11H,1-4,7-8H2. The maximum Gasteiger partial charge on any atom is 0.255 e. The molecule has 0 radical (unpaired) electrons. The number of nitrogens with zero attached hydrogens (tertiary/aromatic N) is 1. The van der Waals surface area contributed by atoms with E-state index in [4.69, 9.17) is 0 Å². The zero-order valence-electron chi connectivity index (χ0n) is 10.5. The summed E-state index contributed by atoms with van der Waals surface area (Å²) < 4.78 is 1.83. The quantitative estimate of drug-likeness (QED) is 0.588. The van der Waals surface area contributed by atoms with E-state index in [2.05, 4.69) is 47.8 Å². The predicted octanol–water partition coefficient (Wildman–Crippen LogP) is 4.99. The van der Waals surface area contributed by atoms with Gasteiger partial charge in [-0.25, -0.2) is 0 Å². The molecule has 1 aromatic carbocycles.